The SMILES string of the molecule is CC(CC1CC1)OO. The van der Waals surface area contributed by atoms with E-state index in [0.717, 1.165) is 12.3 Å². The average molecular weight is 116 g/mol. The van der Waals surface area contributed by atoms with E-state index < -0.39 is 0 Å². The molecule has 0 spiro atoms. The minimum atomic E-state index is 0.0440. The number of hydrogen-bond acceptors (Lipinski definition) is 2. The first kappa shape index (κ1) is 6.05. The lowest BCUT2D eigenvalue weighted by Gasteiger charge is -2.03. The molecule has 8 heavy (non-hydrogen) atoms. The molecule has 1 N–H and O–H groups in total. The Morgan fingerprint density at radius 2 is 2.38 bits per heavy atom. The van der Waals surface area contributed by atoms with E-state index in [4.69, 9.17) is 5.26 Å². The molecule has 1 atom stereocenters. The summed E-state index contributed by atoms with van der Waals surface area (Å²) in [6.07, 6.45) is 3.72. The Hall–Kier alpha value is -0.0800. The zero-order valence-electron chi connectivity index (χ0n) is 5.13. The summed E-state index contributed by atoms with van der Waals surface area (Å²) in [6, 6.07) is 0. The fraction of sp³-hybridized carbons (Fsp3) is 1.00. The normalized spacial score (nSPS) is 23.2. The third-order valence-corrected chi connectivity index (χ3v) is 1.54. The van der Waals surface area contributed by atoms with Gasteiger partial charge in [0.15, 0.2) is 0 Å². The van der Waals surface area contributed by atoms with Crippen molar-refractivity contribution >= 4 is 0 Å². The third-order valence-electron chi connectivity index (χ3n) is 1.54. The van der Waals surface area contributed by atoms with E-state index in [0.29, 0.717) is 0 Å². The van der Waals surface area contributed by atoms with Gasteiger partial charge in [0.05, 0.1) is 6.10 Å². The van der Waals surface area contributed by atoms with Crippen LogP contribution in [0.1, 0.15) is 26.2 Å². The molecular formula is C6H12O2. The van der Waals surface area contributed by atoms with Crippen LogP contribution in [0, 0.1) is 5.92 Å². The smallest absolute Gasteiger partial charge is 0.0902 e. The summed E-state index contributed by atoms with van der Waals surface area (Å²) in [4.78, 5) is 4.10. The fourth-order valence-corrected chi connectivity index (χ4v) is 0.866. The molecule has 0 aromatic carbocycles. The van der Waals surface area contributed by atoms with E-state index in [2.05, 4.69) is 4.89 Å². The van der Waals surface area contributed by atoms with Gasteiger partial charge in [0.25, 0.3) is 0 Å². The summed E-state index contributed by atoms with van der Waals surface area (Å²) < 4.78 is 0. The molecule has 1 aliphatic rings. The molecule has 2 nitrogen and oxygen atoms in total. The molecule has 0 aromatic heterocycles. The van der Waals surface area contributed by atoms with E-state index >= 15 is 0 Å². The Morgan fingerprint density at radius 3 is 2.75 bits per heavy atom. The Kier molecular flexibility index (Phi) is 1.86. The average Bonchev–Trinajstić information content (AvgIpc) is 2.50. The largest absolute Gasteiger partial charge is 0.252 e. The van der Waals surface area contributed by atoms with Crippen molar-refractivity contribution in [3.8, 4) is 0 Å². The van der Waals surface area contributed by atoms with Gasteiger partial charge in [0.2, 0.25) is 0 Å². The predicted octanol–water partition coefficient (Wildman–Crippen LogP) is 1.66. The minimum Gasteiger partial charge on any atom is -0.252 e. The zero-order valence-corrected chi connectivity index (χ0v) is 5.13. The highest BCUT2D eigenvalue weighted by Gasteiger charge is 2.23. The van der Waals surface area contributed by atoms with Crippen molar-refractivity contribution < 1.29 is 10.1 Å². The molecule has 1 rings (SSSR count). The zero-order chi connectivity index (χ0) is 5.98. The minimum absolute atomic E-state index is 0.0440. The van der Waals surface area contributed by atoms with Crippen molar-refractivity contribution in [1.82, 2.24) is 0 Å². The van der Waals surface area contributed by atoms with Crippen LogP contribution in [0.25, 0.3) is 0 Å². The lowest BCUT2D eigenvalue weighted by molar-refractivity contribution is -0.275. The van der Waals surface area contributed by atoms with Gasteiger partial charge in [-0.2, -0.15) is 0 Å². The standard InChI is InChI=1S/C6H12O2/c1-5(8-7)4-6-2-3-6/h5-7H,2-4H2,1H3. The highest BCUT2D eigenvalue weighted by Crippen LogP contribution is 2.33. The quantitative estimate of drug-likeness (QED) is 0.449. The summed E-state index contributed by atoms with van der Waals surface area (Å²) >= 11 is 0. The van der Waals surface area contributed by atoms with Crippen molar-refractivity contribution in [2.75, 3.05) is 0 Å². The molecule has 0 heterocycles. The molecule has 0 saturated heterocycles. The van der Waals surface area contributed by atoms with Crippen LogP contribution in [0.4, 0.5) is 0 Å². The van der Waals surface area contributed by atoms with Crippen molar-refractivity contribution in [3.05, 3.63) is 0 Å². The summed E-state index contributed by atoms with van der Waals surface area (Å²) in [6.45, 7) is 1.89. The van der Waals surface area contributed by atoms with Crippen LogP contribution >= 0.6 is 0 Å². The van der Waals surface area contributed by atoms with E-state index in [9.17, 15) is 0 Å². The second-order valence-electron chi connectivity index (χ2n) is 2.60. The summed E-state index contributed by atoms with van der Waals surface area (Å²) in [5, 5.41) is 8.11. The van der Waals surface area contributed by atoms with E-state index in [1.807, 2.05) is 6.92 Å². The molecule has 0 radical (unpaired) electrons. The maximum atomic E-state index is 8.11. The maximum absolute atomic E-state index is 8.11. The summed E-state index contributed by atoms with van der Waals surface area (Å²) in [5.41, 5.74) is 0. The molecule has 48 valence electrons. The molecular weight excluding hydrogens is 104 g/mol. The van der Waals surface area contributed by atoms with Gasteiger partial charge in [-0.05, 0) is 19.3 Å². The van der Waals surface area contributed by atoms with Crippen LogP contribution in [0.3, 0.4) is 0 Å². The fourth-order valence-electron chi connectivity index (χ4n) is 0.866. The predicted molar refractivity (Wildman–Crippen MR) is 30.5 cm³/mol. The van der Waals surface area contributed by atoms with Crippen LogP contribution in [0.5, 0.6) is 0 Å². The maximum Gasteiger partial charge on any atom is 0.0902 e. The molecule has 0 bridgehead atoms. The second-order valence-corrected chi connectivity index (χ2v) is 2.60. The Bertz CT molecular complexity index is 68.9. The van der Waals surface area contributed by atoms with Crippen molar-refractivity contribution in [3.63, 3.8) is 0 Å². The topological polar surface area (TPSA) is 29.5 Å². The molecule has 1 fully saturated rings. The molecule has 0 amide bonds. The van der Waals surface area contributed by atoms with Crippen molar-refractivity contribution in [2.45, 2.75) is 32.3 Å². The first-order valence-electron chi connectivity index (χ1n) is 3.13. The molecule has 1 unspecified atom stereocenters. The Morgan fingerprint density at radius 1 is 1.75 bits per heavy atom. The van der Waals surface area contributed by atoms with Gasteiger partial charge < -0.3 is 0 Å². The highest BCUT2D eigenvalue weighted by atomic mass is 17.1. The van der Waals surface area contributed by atoms with Crippen LogP contribution in [-0.4, -0.2) is 11.4 Å². The second kappa shape index (κ2) is 2.46. The lowest BCUT2D eigenvalue weighted by Crippen LogP contribution is -2.04. The number of rotatable bonds is 3. The van der Waals surface area contributed by atoms with Gasteiger partial charge in [-0.1, -0.05) is 12.8 Å². The van der Waals surface area contributed by atoms with Crippen molar-refractivity contribution in [1.29, 1.82) is 0 Å². The molecule has 2 heteroatoms. The van der Waals surface area contributed by atoms with Gasteiger partial charge in [-0.25, -0.2) is 4.89 Å². The van der Waals surface area contributed by atoms with E-state index in [-0.39, 0.29) is 6.10 Å². The van der Waals surface area contributed by atoms with Gasteiger partial charge in [0.1, 0.15) is 0 Å². The molecule has 1 aliphatic carbocycles. The van der Waals surface area contributed by atoms with Crippen LogP contribution in [0.2, 0.25) is 0 Å². The molecule has 1 saturated carbocycles. The molecule has 0 aliphatic heterocycles. The van der Waals surface area contributed by atoms with Crippen LogP contribution in [0.15, 0.2) is 0 Å². The molecule has 0 aromatic rings. The Labute approximate surface area is 49.4 Å². The summed E-state index contributed by atoms with van der Waals surface area (Å²) in [7, 11) is 0. The third kappa shape index (κ3) is 1.80. The van der Waals surface area contributed by atoms with Crippen LogP contribution < -0.4 is 0 Å². The van der Waals surface area contributed by atoms with Gasteiger partial charge >= 0.3 is 0 Å². The first-order chi connectivity index (χ1) is 3.83. The van der Waals surface area contributed by atoms with E-state index in [1.165, 1.54) is 12.8 Å². The van der Waals surface area contributed by atoms with Gasteiger partial charge in [-0.3, -0.25) is 5.26 Å². The highest BCUT2D eigenvalue weighted by molar-refractivity contribution is 4.74. The monoisotopic (exact) mass is 116 g/mol. The van der Waals surface area contributed by atoms with Crippen molar-refractivity contribution in [2.24, 2.45) is 5.92 Å². The van der Waals surface area contributed by atoms with E-state index in [1.54, 1.807) is 0 Å². The lowest BCUT2D eigenvalue weighted by atomic mass is 10.2. The Balaban J connectivity index is 1.98. The summed E-state index contributed by atoms with van der Waals surface area (Å²) in [5.74, 6) is 0.845. The first-order valence-corrected chi connectivity index (χ1v) is 3.13. The number of hydrogen-bond donors (Lipinski definition) is 1. The van der Waals surface area contributed by atoms with Crippen LogP contribution in [-0.2, 0) is 4.89 Å². The van der Waals surface area contributed by atoms with Gasteiger partial charge in [-0.15, -0.1) is 0 Å². The van der Waals surface area contributed by atoms with Gasteiger partial charge in [0, 0.05) is 0 Å².